The number of anilines is 1. The number of aliphatic carboxylic acids is 1. The van der Waals surface area contributed by atoms with E-state index in [1.54, 1.807) is 55.6 Å². The van der Waals surface area contributed by atoms with Gasteiger partial charge in [0.1, 0.15) is 6.04 Å². The lowest BCUT2D eigenvalue weighted by Crippen LogP contribution is -2.44. The van der Waals surface area contributed by atoms with E-state index in [0.717, 1.165) is 28.0 Å². The molecular formula is C28H25N3O4S. The summed E-state index contributed by atoms with van der Waals surface area (Å²) in [6.07, 6.45) is 0. The molecule has 0 aliphatic rings. The summed E-state index contributed by atoms with van der Waals surface area (Å²) < 4.78 is 0. The molecule has 182 valence electrons. The second kappa shape index (κ2) is 11.0. The van der Waals surface area contributed by atoms with Gasteiger partial charge in [-0.2, -0.15) is 0 Å². The van der Waals surface area contributed by atoms with Gasteiger partial charge in [0.2, 0.25) is 0 Å². The molecule has 1 aromatic heterocycles. The summed E-state index contributed by atoms with van der Waals surface area (Å²) in [5.74, 6) is -2.07. The Kier molecular flexibility index (Phi) is 7.56. The van der Waals surface area contributed by atoms with Crippen LogP contribution in [0.3, 0.4) is 0 Å². The number of amides is 2. The van der Waals surface area contributed by atoms with Crippen LogP contribution in [-0.2, 0) is 4.79 Å². The van der Waals surface area contributed by atoms with Crippen LogP contribution in [0.5, 0.6) is 0 Å². The fraction of sp³-hybridized carbons (Fsp3) is 0.143. The van der Waals surface area contributed by atoms with Crippen LogP contribution in [0.15, 0.2) is 84.2 Å². The molecule has 0 aliphatic heterocycles. The SMILES string of the molecule is CC(C)C(NC(=O)c1nc(-c2ccc(NC(=O)c3ccc(-c4ccccc4)cc3)cc2)cs1)C(=O)O. The molecule has 8 heteroatoms. The van der Waals surface area contributed by atoms with Gasteiger partial charge in [-0.05, 0) is 41.3 Å². The van der Waals surface area contributed by atoms with Gasteiger partial charge < -0.3 is 15.7 Å². The highest BCUT2D eigenvalue weighted by atomic mass is 32.1. The minimum absolute atomic E-state index is 0.188. The van der Waals surface area contributed by atoms with E-state index in [9.17, 15) is 19.5 Å². The van der Waals surface area contributed by atoms with Gasteiger partial charge in [0.15, 0.2) is 5.01 Å². The summed E-state index contributed by atoms with van der Waals surface area (Å²) >= 11 is 1.14. The molecule has 36 heavy (non-hydrogen) atoms. The Morgan fingerprint density at radius 1 is 0.806 bits per heavy atom. The van der Waals surface area contributed by atoms with Crippen molar-refractivity contribution in [2.45, 2.75) is 19.9 Å². The number of nitrogens with zero attached hydrogens (tertiary/aromatic N) is 1. The number of nitrogens with one attached hydrogen (secondary N) is 2. The summed E-state index contributed by atoms with van der Waals surface area (Å²) in [5.41, 5.74) is 4.67. The summed E-state index contributed by atoms with van der Waals surface area (Å²) in [4.78, 5) is 40.8. The number of hydrogen-bond donors (Lipinski definition) is 3. The normalized spacial score (nSPS) is 11.6. The van der Waals surface area contributed by atoms with Gasteiger partial charge in [-0.1, -0.05) is 68.4 Å². The number of hydrogen-bond acceptors (Lipinski definition) is 5. The first-order valence-corrected chi connectivity index (χ1v) is 12.3. The van der Waals surface area contributed by atoms with Crippen molar-refractivity contribution in [3.05, 3.63) is 94.8 Å². The third kappa shape index (κ3) is 5.84. The molecule has 0 aliphatic carbocycles. The molecule has 3 N–H and O–H groups in total. The monoisotopic (exact) mass is 499 g/mol. The third-order valence-electron chi connectivity index (χ3n) is 5.61. The van der Waals surface area contributed by atoms with Crippen LogP contribution >= 0.6 is 11.3 Å². The molecule has 7 nitrogen and oxygen atoms in total. The molecule has 1 atom stereocenters. The fourth-order valence-corrected chi connectivity index (χ4v) is 4.33. The van der Waals surface area contributed by atoms with Crippen LogP contribution in [0.25, 0.3) is 22.4 Å². The van der Waals surface area contributed by atoms with Gasteiger partial charge in [-0.25, -0.2) is 9.78 Å². The first-order chi connectivity index (χ1) is 17.3. The molecule has 3 aromatic carbocycles. The lowest BCUT2D eigenvalue weighted by molar-refractivity contribution is -0.140. The van der Waals surface area contributed by atoms with Gasteiger partial charge >= 0.3 is 5.97 Å². The largest absolute Gasteiger partial charge is 0.480 e. The zero-order valence-corrected chi connectivity index (χ0v) is 20.6. The Labute approximate surface area is 212 Å². The first-order valence-electron chi connectivity index (χ1n) is 11.4. The third-order valence-corrected chi connectivity index (χ3v) is 6.45. The number of thiazole rings is 1. The van der Waals surface area contributed by atoms with Crippen molar-refractivity contribution < 1.29 is 19.5 Å². The molecule has 0 saturated heterocycles. The van der Waals surface area contributed by atoms with Gasteiger partial charge in [-0.15, -0.1) is 11.3 Å². The van der Waals surface area contributed by atoms with Crippen LogP contribution in [-0.4, -0.2) is 33.9 Å². The van der Waals surface area contributed by atoms with Crippen molar-refractivity contribution in [3.8, 4) is 22.4 Å². The fourth-order valence-electron chi connectivity index (χ4n) is 3.60. The number of benzene rings is 3. The van der Waals surface area contributed by atoms with E-state index in [0.29, 0.717) is 16.9 Å². The average Bonchev–Trinajstić information content (AvgIpc) is 3.38. The molecular weight excluding hydrogens is 474 g/mol. The van der Waals surface area contributed by atoms with Crippen molar-refractivity contribution in [1.29, 1.82) is 0 Å². The van der Waals surface area contributed by atoms with Crippen molar-refractivity contribution in [1.82, 2.24) is 10.3 Å². The Morgan fingerprint density at radius 3 is 2.03 bits per heavy atom. The lowest BCUT2D eigenvalue weighted by Gasteiger charge is -2.16. The molecule has 0 spiro atoms. The zero-order chi connectivity index (χ0) is 25.7. The van der Waals surface area contributed by atoms with Crippen molar-refractivity contribution >= 4 is 34.8 Å². The Balaban J connectivity index is 1.39. The maximum atomic E-state index is 12.7. The van der Waals surface area contributed by atoms with Gasteiger partial charge in [0.05, 0.1) is 5.69 Å². The summed E-state index contributed by atoms with van der Waals surface area (Å²) in [5, 5.41) is 16.6. The van der Waals surface area contributed by atoms with E-state index in [4.69, 9.17) is 0 Å². The molecule has 0 saturated carbocycles. The van der Waals surface area contributed by atoms with Crippen LogP contribution in [0.2, 0.25) is 0 Å². The van der Waals surface area contributed by atoms with E-state index in [1.807, 2.05) is 42.5 Å². The summed E-state index contributed by atoms with van der Waals surface area (Å²) in [6.45, 7) is 3.46. The minimum Gasteiger partial charge on any atom is -0.480 e. The van der Waals surface area contributed by atoms with E-state index in [-0.39, 0.29) is 16.8 Å². The number of rotatable bonds is 8. The van der Waals surface area contributed by atoms with Crippen molar-refractivity contribution in [2.24, 2.45) is 5.92 Å². The van der Waals surface area contributed by atoms with Gasteiger partial charge in [-0.3, -0.25) is 9.59 Å². The summed E-state index contributed by atoms with van der Waals surface area (Å²) in [6, 6.07) is 23.5. The van der Waals surface area contributed by atoms with Gasteiger partial charge in [0, 0.05) is 22.2 Å². The second-order valence-electron chi connectivity index (χ2n) is 8.55. The Hall–Kier alpha value is -4.30. The molecule has 0 radical (unpaired) electrons. The highest BCUT2D eigenvalue weighted by Gasteiger charge is 2.25. The average molecular weight is 500 g/mol. The van der Waals surface area contributed by atoms with Crippen LogP contribution in [0, 0.1) is 5.92 Å². The number of aromatic nitrogens is 1. The van der Waals surface area contributed by atoms with E-state index in [2.05, 4.69) is 15.6 Å². The highest BCUT2D eigenvalue weighted by Crippen LogP contribution is 2.24. The van der Waals surface area contributed by atoms with E-state index in [1.165, 1.54) is 0 Å². The maximum absolute atomic E-state index is 12.7. The van der Waals surface area contributed by atoms with Gasteiger partial charge in [0.25, 0.3) is 11.8 Å². The van der Waals surface area contributed by atoms with Crippen LogP contribution in [0.1, 0.15) is 34.0 Å². The Morgan fingerprint density at radius 2 is 1.42 bits per heavy atom. The van der Waals surface area contributed by atoms with Crippen LogP contribution < -0.4 is 10.6 Å². The van der Waals surface area contributed by atoms with Crippen molar-refractivity contribution in [3.63, 3.8) is 0 Å². The van der Waals surface area contributed by atoms with Crippen LogP contribution in [0.4, 0.5) is 5.69 Å². The summed E-state index contributed by atoms with van der Waals surface area (Å²) in [7, 11) is 0. The smallest absolute Gasteiger partial charge is 0.326 e. The molecule has 4 aromatic rings. The topological polar surface area (TPSA) is 108 Å². The predicted molar refractivity (Wildman–Crippen MR) is 141 cm³/mol. The molecule has 0 bridgehead atoms. The molecule has 1 unspecified atom stereocenters. The number of carboxylic acids is 1. The number of carbonyl (C=O) groups is 3. The Bertz CT molecular complexity index is 1360. The zero-order valence-electron chi connectivity index (χ0n) is 19.8. The van der Waals surface area contributed by atoms with Crippen molar-refractivity contribution in [2.75, 3.05) is 5.32 Å². The highest BCUT2D eigenvalue weighted by molar-refractivity contribution is 7.12. The molecule has 4 rings (SSSR count). The standard InChI is InChI=1S/C28H25N3O4S/c1-17(2)24(28(34)35)31-26(33)27-30-23(16-36-27)20-12-14-22(15-13-20)29-25(32)21-10-8-19(9-11-21)18-6-4-3-5-7-18/h3-17,24H,1-2H3,(H,29,32)(H,31,33)(H,34,35). The second-order valence-corrected chi connectivity index (χ2v) is 9.40. The lowest BCUT2D eigenvalue weighted by atomic mass is 10.0. The number of carbonyl (C=O) groups excluding carboxylic acids is 2. The van der Waals surface area contributed by atoms with E-state index >= 15 is 0 Å². The quantitative estimate of drug-likeness (QED) is 0.294. The maximum Gasteiger partial charge on any atom is 0.326 e. The molecule has 0 fully saturated rings. The first kappa shape index (κ1) is 24.8. The molecule has 2 amide bonds. The van der Waals surface area contributed by atoms with E-state index < -0.39 is 17.9 Å². The predicted octanol–water partition coefficient (Wildman–Crippen LogP) is 5.57. The minimum atomic E-state index is -1.08. The number of carboxylic acid groups (broad SMARTS) is 1. The molecule has 1 heterocycles.